The first kappa shape index (κ1) is 23.0. The Hall–Kier alpha value is -3.16. The van der Waals surface area contributed by atoms with Crippen LogP contribution in [0.2, 0.25) is 5.02 Å². The first-order chi connectivity index (χ1) is 15.9. The van der Waals surface area contributed by atoms with Crippen molar-refractivity contribution in [2.24, 2.45) is 0 Å². The number of aromatic amines is 1. The van der Waals surface area contributed by atoms with Gasteiger partial charge in [-0.3, -0.25) is 9.59 Å². The molecule has 0 bridgehead atoms. The lowest BCUT2D eigenvalue weighted by atomic mass is 10.1. The van der Waals surface area contributed by atoms with Gasteiger partial charge in [-0.25, -0.2) is 0 Å². The predicted octanol–water partition coefficient (Wildman–Crippen LogP) is 5.65. The number of hydrogen-bond acceptors (Lipinski definition) is 4. The van der Waals surface area contributed by atoms with E-state index in [9.17, 15) is 9.59 Å². The normalized spacial score (nSPS) is 12.0. The largest absolute Gasteiger partial charge is 0.444 e. The van der Waals surface area contributed by atoms with Gasteiger partial charge in [0.1, 0.15) is 5.69 Å². The lowest BCUT2D eigenvalue weighted by Crippen LogP contribution is -2.38. The number of nitrogens with one attached hydrogen (secondary N) is 3. The van der Waals surface area contributed by atoms with Crippen molar-refractivity contribution in [3.8, 4) is 0 Å². The Balaban J connectivity index is 1.51. The van der Waals surface area contributed by atoms with Gasteiger partial charge in [0, 0.05) is 28.0 Å². The van der Waals surface area contributed by atoms with E-state index in [0.717, 1.165) is 27.6 Å². The molecule has 0 radical (unpaired) electrons. The zero-order valence-corrected chi connectivity index (χ0v) is 20.1. The number of carbonyl (C=O) groups excluding carboxylic acids is 2. The third-order valence-electron chi connectivity index (χ3n) is 5.42. The summed E-state index contributed by atoms with van der Waals surface area (Å²) in [4.78, 5) is 28.9. The van der Waals surface area contributed by atoms with Crippen LogP contribution in [0.4, 0.5) is 0 Å². The Morgan fingerprint density at radius 3 is 2.52 bits per heavy atom. The highest BCUT2D eigenvalue weighted by molar-refractivity contribution is 7.98. The van der Waals surface area contributed by atoms with Crippen molar-refractivity contribution in [3.63, 3.8) is 0 Å². The van der Waals surface area contributed by atoms with Crippen molar-refractivity contribution in [1.82, 2.24) is 15.6 Å². The van der Waals surface area contributed by atoms with Gasteiger partial charge >= 0.3 is 0 Å². The highest BCUT2D eigenvalue weighted by Crippen LogP contribution is 2.25. The van der Waals surface area contributed by atoms with Crippen LogP contribution in [-0.4, -0.2) is 29.6 Å². The number of benzene rings is 2. The number of aromatic nitrogens is 1. The zero-order chi connectivity index (χ0) is 23.5. The van der Waals surface area contributed by atoms with E-state index in [1.165, 1.54) is 11.8 Å². The van der Waals surface area contributed by atoms with Gasteiger partial charge in [0.15, 0.2) is 10.9 Å². The smallest absolute Gasteiger partial charge is 0.287 e. The first-order valence-corrected chi connectivity index (χ1v) is 12.0. The molecule has 0 fully saturated rings. The van der Waals surface area contributed by atoms with Crippen LogP contribution in [0.3, 0.4) is 0 Å². The van der Waals surface area contributed by atoms with Gasteiger partial charge in [-0.2, -0.15) is 0 Å². The Labute approximate surface area is 201 Å². The summed E-state index contributed by atoms with van der Waals surface area (Å²) >= 11 is 7.63. The van der Waals surface area contributed by atoms with Crippen LogP contribution in [0.15, 0.2) is 64.1 Å². The van der Waals surface area contributed by atoms with Gasteiger partial charge in [0.2, 0.25) is 0 Å². The van der Waals surface area contributed by atoms with Crippen LogP contribution in [0.5, 0.6) is 0 Å². The number of furan rings is 1. The number of amides is 2. The fourth-order valence-corrected chi connectivity index (χ4v) is 4.25. The molecule has 2 aromatic heterocycles. The summed E-state index contributed by atoms with van der Waals surface area (Å²) in [5, 5.41) is 8.14. The second-order valence-electron chi connectivity index (χ2n) is 7.80. The summed E-state index contributed by atoms with van der Waals surface area (Å²) in [7, 11) is 0. The molecular formula is C25H24ClN3O3S. The lowest BCUT2D eigenvalue weighted by molar-refractivity contribution is 0.0884. The molecule has 0 saturated heterocycles. The van der Waals surface area contributed by atoms with Gasteiger partial charge in [-0.15, -0.1) is 0 Å². The Kier molecular flexibility index (Phi) is 6.81. The molecular weight excluding hydrogens is 458 g/mol. The minimum atomic E-state index is -0.439. The molecule has 0 saturated carbocycles. The summed E-state index contributed by atoms with van der Waals surface area (Å²) < 4.78 is 5.66. The lowest BCUT2D eigenvalue weighted by Gasteiger charge is -2.19. The molecule has 3 N–H and O–H groups in total. The molecule has 8 heteroatoms. The number of H-pyrrole nitrogens is 1. The Bertz CT molecular complexity index is 1270. The second kappa shape index (κ2) is 9.77. The maximum absolute atomic E-state index is 12.9. The number of fused-ring (bicyclic) bond motifs is 1. The van der Waals surface area contributed by atoms with Gasteiger partial charge < -0.3 is 20.0 Å². The molecule has 2 heterocycles. The SMILES string of the molecule is CSc1cc(C)c(C(=O)NC(CNC(=O)c2cc3cc(C)c(Cl)cc3[nH]2)c2ccccc2)o1. The van der Waals surface area contributed by atoms with Gasteiger partial charge in [0.25, 0.3) is 11.8 Å². The molecule has 0 aliphatic carbocycles. The number of thioether (sulfide) groups is 1. The molecule has 2 amide bonds. The first-order valence-electron chi connectivity index (χ1n) is 10.4. The Morgan fingerprint density at radius 2 is 1.82 bits per heavy atom. The van der Waals surface area contributed by atoms with Crippen molar-refractivity contribution in [2.45, 2.75) is 25.0 Å². The van der Waals surface area contributed by atoms with Crippen molar-refractivity contribution in [2.75, 3.05) is 12.8 Å². The van der Waals surface area contributed by atoms with E-state index >= 15 is 0 Å². The molecule has 0 spiro atoms. The molecule has 4 aromatic rings. The third kappa shape index (κ3) is 5.10. The van der Waals surface area contributed by atoms with Crippen LogP contribution in [-0.2, 0) is 0 Å². The van der Waals surface area contributed by atoms with Gasteiger partial charge in [-0.1, -0.05) is 53.7 Å². The van der Waals surface area contributed by atoms with Crippen LogP contribution in [0.25, 0.3) is 10.9 Å². The number of halogens is 1. The predicted molar refractivity (Wildman–Crippen MR) is 132 cm³/mol. The molecule has 2 aromatic carbocycles. The highest BCUT2D eigenvalue weighted by Gasteiger charge is 2.22. The summed E-state index contributed by atoms with van der Waals surface area (Å²) in [5.41, 5.74) is 3.80. The molecule has 33 heavy (non-hydrogen) atoms. The van der Waals surface area contributed by atoms with E-state index in [1.807, 2.05) is 68.6 Å². The van der Waals surface area contributed by atoms with E-state index < -0.39 is 6.04 Å². The van der Waals surface area contributed by atoms with Crippen LogP contribution in [0, 0.1) is 13.8 Å². The van der Waals surface area contributed by atoms with E-state index in [-0.39, 0.29) is 24.1 Å². The highest BCUT2D eigenvalue weighted by atomic mass is 35.5. The zero-order valence-electron chi connectivity index (χ0n) is 18.5. The molecule has 1 atom stereocenters. The van der Waals surface area contributed by atoms with Crippen molar-refractivity contribution in [3.05, 3.63) is 87.8 Å². The molecule has 1 unspecified atom stereocenters. The van der Waals surface area contributed by atoms with Crippen LogP contribution >= 0.6 is 23.4 Å². The average Bonchev–Trinajstić information content (AvgIpc) is 3.40. The Morgan fingerprint density at radius 1 is 1.06 bits per heavy atom. The van der Waals surface area contributed by atoms with E-state index in [4.69, 9.17) is 16.0 Å². The number of hydrogen-bond donors (Lipinski definition) is 3. The fraction of sp³-hybridized carbons (Fsp3) is 0.200. The molecule has 0 aliphatic rings. The maximum Gasteiger partial charge on any atom is 0.287 e. The molecule has 6 nitrogen and oxygen atoms in total. The third-order valence-corrected chi connectivity index (χ3v) is 6.43. The summed E-state index contributed by atoms with van der Waals surface area (Å²) in [5.74, 6) is -0.324. The van der Waals surface area contributed by atoms with Crippen LogP contribution in [0.1, 0.15) is 43.8 Å². The molecule has 0 aliphatic heterocycles. The standard InChI is InChI=1S/C25H24ClN3O3S/c1-14-9-17-11-20(28-19(17)12-18(14)26)24(30)27-13-21(16-7-5-4-6-8-16)29-25(31)23-15(2)10-22(32-23)33-3/h4-12,21,28H,13H2,1-3H3,(H,27,30)(H,29,31). The summed E-state index contributed by atoms with van der Waals surface area (Å²) in [6.07, 6.45) is 1.89. The van der Waals surface area contributed by atoms with Crippen molar-refractivity contribution < 1.29 is 14.0 Å². The van der Waals surface area contributed by atoms with E-state index in [1.54, 1.807) is 6.07 Å². The number of rotatable bonds is 7. The van der Waals surface area contributed by atoms with E-state index in [2.05, 4.69) is 15.6 Å². The minimum Gasteiger partial charge on any atom is -0.444 e. The van der Waals surface area contributed by atoms with Crippen LogP contribution < -0.4 is 10.6 Å². The van der Waals surface area contributed by atoms with E-state index in [0.29, 0.717) is 15.8 Å². The fourth-order valence-electron chi connectivity index (χ4n) is 3.62. The summed E-state index contributed by atoms with van der Waals surface area (Å²) in [6, 6.07) is 16.4. The van der Waals surface area contributed by atoms with Crippen molar-refractivity contribution >= 4 is 46.1 Å². The van der Waals surface area contributed by atoms with Gasteiger partial charge in [-0.05, 0) is 55.5 Å². The summed E-state index contributed by atoms with van der Waals surface area (Å²) in [6.45, 7) is 3.96. The second-order valence-corrected chi connectivity index (χ2v) is 9.02. The molecule has 4 rings (SSSR count). The number of carbonyl (C=O) groups is 2. The monoisotopic (exact) mass is 481 g/mol. The number of aryl methyl sites for hydroxylation is 2. The van der Waals surface area contributed by atoms with Gasteiger partial charge in [0.05, 0.1) is 6.04 Å². The minimum absolute atomic E-state index is 0.207. The quantitative estimate of drug-likeness (QED) is 0.297. The van der Waals surface area contributed by atoms with Crippen molar-refractivity contribution in [1.29, 1.82) is 0 Å². The topological polar surface area (TPSA) is 87.1 Å². The maximum atomic E-state index is 12.9. The molecule has 170 valence electrons. The average molecular weight is 482 g/mol.